The molecule has 0 radical (unpaired) electrons. The van der Waals surface area contributed by atoms with Gasteiger partial charge < -0.3 is 9.47 Å². The van der Waals surface area contributed by atoms with E-state index in [0.717, 1.165) is 11.8 Å². The predicted molar refractivity (Wildman–Crippen MR) is 92.5 cm³/mol. The van der Waals surface area contributed by atoms with E-state index in [-0.39, 0.29) is 6.61 Å². The van der Waals surface area contributed by atoms with Crippen molar-refractivity contribution >= 4 is 18.1 Å². The first-order chi connectivity index (χ1) is 11.4. The summed E-state index contributed by atoms with van der Waals surface area (Å²) in [6.07, 6.45) is 0.252. The molecule has 1 N–H and O–H groups in total. The van der Waals surface area contributed by atoms with Gasteiger partial charge in [-0.15, -0.1) is 0 Å². The highest BCUT2D eigenvalue weighted by atomic mass is 16.6. The molecule has 0 aliphatic carbocycles. The number of nitrogens with one attached hydrogen (secondary N) is 1. The van der Waals surface area contributed by atoms with Gasteiger partial charge in [-0.3, -0.25) is 10.1 Å². The summed E-state index contributed by atoms with van der Waals surface area (Å²) in [7, 11) is 0. The molecule has 24 heavy (non-hydrogen) atoms. The van der Waals surface area contributed by atoms with E-state index < -0.39 is 11.7 Å². The second kappa shape index (κ2) is 7.64. The number of carbonyl (C=O) groups excluding carboxylic acids is 2. The number of rotatable bonds is 5. The van der Waals surface area contributed by atoms with Gasteiger partial charge >= 0.3 is 6.09 Å². The number of para-hydroxylation sites is 1. The SMILES string of the molecule is CC(C)(C)OC(=O)Nc1cccc(COc2ccccc2C=O)c1. The first-order valence-corrected chi connectivity index (χ1v) is 7.63. The number of amides is 1. The number of hydrogen-bond acceptors (Lipinski definition) is 4. The van der Waals surface area contributed by atoms with Gasteiger partial charge in [-0.1, -0.05) is 24.3 Å². The van der Waals surface area contributed by atoms with Crippen LogP contribution in [0.5, 0.6) is 5.75 Å². The quantitative estimate of drug-likeness (QED) is 0.825. The number of anilines is 1. The van der Waals surface area contributed by atoms with Gasteiger partial charge in [-0.2, -0.15) is 0 Å². The van der Waals surface area contributed by atoms with Crippen LogP contribution in [0.3, 0.4) is 0 Å². The molecule has 0 unspecified atom stereocenters. The molecule has 2 rings (SSSR count). The van der Waals surface area contributed by atoms with E-state index in [1.165, 1.54) is 0 Å². The van der Waals surface area contributed by atoms with Gasteiger partial charge in [0.05, 0.1) is 5.56 Å². The van der Waals surface area contributed by atoms with Crippen molar-refractivity contribution in [1.82, 2.24) is 0 Å². The van der Waals surface area contributed by atoms with Crippen LogP contribution in [-0.4, -0.2) is 18.0 Å². The van der Waals surface area contributed by atoms with Gasteiger partial charge in [0, 0.05) is 5.69 Å². The molecule has 0 spiro atoms. The highest BCUT2D eigenvalue weighted by molar-refractivity contribution is 5.85. The van der Waals surface area contributed by atoms with Crippen molar-refractivity contribution in [3.05, 3.63) is 59.7 Å². The number of hydrogen-bond donors (Lipinski definition) is 1. The maximum absolute atomic E-state index is 11.8. The molecule has 0 atom stereocenters. The maximum atomic E-state index is 11.8. The van der Waals surface area contributed by atoms with Crippen LogP contribution >= 0.6 is 0 Å². The zero-order chi connectivity index (χ0) is 17.6. The molecular weight excluding hydrogens is 306 g/mol. The Morgan fingerprint density at radius 1 is 1.12 bits per heavy atom. The lowest BCUT2D eigenvalue weighted by Gasteiger charge is -2.19. The number of aldehydes is 1. The van der Waals surface area contributed by atoms with Gasteiger partial charge in [0.25, 0.3) is 0 Å². The Labute approximate surface area is 141 Å². The average Bonchev–Trinajstić information content (AvgIpc) is 2.51. The van der Waals surface area contributed by atoms with Crippen LogP contribution in [0.15, 0.2) is 48.5 Å². The van der Waals surface area contributed by atoms with E-state index in [2.05, 4.69) is 5.32 Å². The summed E-state index contributed by atoms with van der Waals surface area (Å²) in [6, 6.07) is 14.3. The molecule has 2 aromatic carbocycles. The van der Waals surface area contributed by atoms with Crippen LogP contribution in [0.1, 0.15) is 36.7 Å². The topological polar surface area (TPSA) is 64.6 Å². The average molecular weight is 327 g/mol. The molecule has 5 heteroatoms. The molecule has 0 bridgehead atoms. The third-order valence-electron chi connectivity index (χ3n) is 3.01. The summed E-state index contributed by atoms with van der Waals surface area (Å²) in [5.74, 6) is 0.526. The van der Waals surface area contributed by atoms with E-state index in [0.29, 0.717) is 17.0 Å². The summed E-state index contributed by atoms with van der Waals surface area (Å²) in [4.78, 5) is 22.8. The summed E-state index contributed by atoms with van der Waals surface area (Å²) < 4.78 is 10.9. The summed E-state index contributed by atoms with van der Waals surface area (Å²) in [5, 5.41) is 2.69. The van der Waals surface area contributed by atoms with E-state index >= 15 is 0 Å². The number of benzene rings is 2. The highest BCUT2D eigenvalue weighted by Gasteiger charge is 2.16. The summed E-state index contributed by atoms with van der Waals surface area (Å²) in [6.45, 7) is 5.71. The second-order valence-electron chi connectivity index (χ2n) is 6.27. The Bertz CT molecular complexity index is 719. The van der Waals surface area contributed by atoms with Crippen LogP contribution in [0, 0.1) is 0 Å². The Balaban J connectivity index is 2.00. The molecule has 1 amide bonds. The molecule has 5 nitrogen and oxygen atoms in total. The fraction of sp³-hybridized carbons (Fsp3) is 0.263. The standard InChI is InChI=1S/C19H21NO4/c1-19(2,3)24-18(22)20-16-9-6-7-14(11-16)13-23-17-10-5-4-8-15(17)12-21/h4-12H,13H2,1-3H3,(H,20,22). The van der Waals surface area contributed by atoms with Crippen LogP contribution in [-0.2, 0) is 11.3 Å². The van der Waals surface area contributed by atoms with Crippen molar-refractivity contribution in [3.8, 4) is 5.75 Å². The van der Waals surface area contributed by atoms with Crippen molar-refractivity contribution in [2.45, 2.75) is 33.0 Å². The summed E-state index contributed by atoms with van der Waals surface area (Å²) in [5.41, 5.74) is 1.43. The molecule has 0 saturated heterocycles. The van der Waals surface area contributed by atoms with Crippen LogP contribution < -0.4 is 10.1 Å². The first-order valence-electron chi connectivity index (χ1n) is 7.63. The van der Waals surface area contributed by atoms with Gasteiger partial charge in [-0.05, 0) is 50.6 Å². The van der Waals surface area contributed by atoms with Crippen molar-refractivity contribution < 1.29 is 19.1 Å². The fourth-order valence-corrected chi connectivity index (χ4v) is 2.03. The lowest BCUT2D eigenvalue weighted by Crippen LogP contribution is -2.27. The van der Waals surface area contributed by atoms with E-state index in [9.17, 15) is 9.59 Å². The Morgan fingerprint density at radius 3 is 2.58 bits per heavy atom. The van der Waals surface area contributed by atoms with E-state index in [4.69, 9.17) is 9.47 Å². The molecule has 0 aromatic heterocycles. The highest BCUT2D eigenvalue weighted by Crippen LogP contribution is 2.19. The second-order valence-corrected chi connectivity index (χ2v) is 6.27. The molecule has 0 saturated carbocycles. The van der Waals surface area contributed by atoms with Crippen LogP contribution in [0.2, 0.25) is 0 Å². The third kappa shape index (κ3) is 5.43. The number of carbonyl (C=O) groups is 2. The third-order valence-corrected chi connectivity index (χ3v) is 3.01. The summed E-state index contributed by atoms with van der Waals surface area (Å²) >= 11 is 0. The van der Waals surface area contributed by atoms with Crippen LogP contribution in [0.4, 0.5) is 10.5 Å². The Kier molecular flexibility index (Phi) is 5.58. The van der Waals surface area contributed by atoms with Crippen molar-refractivity contribution in [2.24, 2.45) is 0 Å². The maximum Gasteiger partial charge on any atom is 0.412 e. The minimum absolute atomic E-state index is 0.286. The lowest BCUT2D eigenvalue weighted by molar-refractivity contribution is 0.0635. The van der Waals surface area contributed by atoms with Gasteiger partial charge in [0.2, 0.25) is 0 Å². The minimum atomic E-state index is -0.552. The molecule has 0 aliphatic rings. The lowest BCUT2D eigenvalue weighted by atomic mass is 10.2. The Hall–Kier alpha value is -2.82. The molecule has 0 aliphatic heterocycles. The van der Waals surface area contributed by atoms with Gasteiger partial charge in [0.1, 0.15) is 18.0 Å². The fourth-order valence-electron chi connectivity index (χ4n) is 2.03. The van der Waals surface area contributed by atoms with Gasteiger partial charge in [0.15, 0.2) is 6.29 Å². The van der Waals surface area contributed by atoms with E-state index in [1.807, 2.05) is 18.2 Å². The smallest absolute Gasteiger partial charge is 0.412 e. The molecular formula is C19H21NO4. The predicted octanol–water partition coefficient (Wildman–Crippen LogP) is 4.43. The van der Waals surface area contributed by atoms with Crippen LogP contribution in [0.25, 0.3) is 0 Å². The Morgan fingerprint density at radius 2 is 1.88 bits per heavy atom. The first kappa shape index (κ1) is 17.5. The minimum Gasteiger partial charge on any atom is -0.488 e. The number of ether oxygens (including phenoxy) is 2. The van der Waals surface area contributed by atoms with Crippen molar-refractivity contribution in [3.63, 3.8) is 0 Å². The van der Waals surface area contributed by atoms with Gasteiger partial charge in [-0.25, -0.2) is 4.79 Å². The molecule has 0 fully saturated rings. The zero-order valence-electron chi connectivity index (χ0n) is 14.0. The molecule has 2 aromatic rings. The molecule has 0 heterocycles. The monoisotopic (exact) mass is 327 g/mol. The zero-order valence-corrected chi connectivity index (χ0v) is 14.0. The largest absolute Gasteiger partial charge is 0.488 e. The van der Waals surface area contributed by atoms with Crippen molar-refractivity contribution in [2.75, 3.05) is 5.32 Å². The normalized spacial score (nSPS) is 10.8. The van der Waals surface area contributed by atoms with E-state index in [1.54, 1.807) is 51.1 Å². The van der Waals surface area contributed by atoms with Crippen molar-refractivity contribution in [1.29, 1.82) is 0 Å². The molecule has 126 valence electrons.